The lowest BCUT2D eigenvalue weighted by Gasteiger charge is -1.91. The van der Waals surface area contributed by atoms with Crippen LogP contribution < -0.4 is 5.32 Å². The summed E-state index contributed by atoms with van der Waals surface area (Å²) in [6.07, 6.45) is 1.81. The molecule has 0 radical (unpaired) electrons. The zero-order valence-corrected chi connectivity index (χ0v) is 8.27. The third-order valence-corrected chi connectivity index (χ3v) is 2.12. The van der Waals surface area contributed by atoms with Crippen LogP contribution in [0.3, 0.4) is 0 Å². The minimum atomic E-state index is 0.833. The van der Waals surface area contributed by atoms with E-state index in [4.69, 9.17) is 0 Å². The Morgan fingerprint density at radius 2 is 1.86 bits per heavy atom. The molecule has 14 heavy (non-hydrogen) atoms. The fourth-order valence-electron chi connectivity index (χ4n) is 1.13. The Kier molecular flexibility index (Phi) is 2.75. The summed E-state index contributed by atoms with van der Waals surface area (Å²) < 4.78 is 0. The molecule has 0 aliphatic carbocycles. The van der Waals surface area contributed by atoms with Gasteiger partial charge in [-0.3, -0.25) is 4.98 Å². The Hall–Kier alpha value is -1.41. The molecule has 1 aromatic carbocycles. The van der Waals surface area contributed by atoms with Crippen molar-refractivity contribution in [3.63, 3.8) is 0 Å². The molecule has 72 valence electrons. The van der Waals surface area contributed by atoms with Gasteiger partial charge in [-0.2, -0.15) is 0 Å². The van der Waals surface area contributed by atoms with Crippen molar-refractivity contribution >= 4 is 10.9 Å². The minimum absolute atomic E-state index is 0.833. The second-order valence-electron chi connectivity index (χ2n) is 3.51. The van der Waals surface area contributed by atoms with Gasteiger partial charge in [0, 0.05) is 24.2 Å². The van der Waals surface area contributed by atoms with Gasteiger partial charge >= 0.3 is 0 Å². The molecule has 0 bridgehead atoms. The van der Waals surface area contributed by atoms with Gasteiger partial charge in [-0.25, -0.2) is 0 Å². The first-order valence-electron chi connectivity index (χ1n) is 4.89. The van der Waals surface area contributed by atoms with Gasteiger partial charge < -0.3 is 5.32 Å². The maximum atomic E-state index is 4.18. The van der Waals surface area contributed by atoms with E-state index in [1.54, 1.807) is 0 Å². The number of benzene rings is 1. The molecule has 0 saturated carbocycles. The molecule has 3 rings (SSSR count). The molecule has 2 heterocycles. The summed E-state index contributed by atoms with van der Waals surface area (Å²) in [4.78, 5) is 4.18. The average Bonchev–Trinajstić information content (AvgIpc) is 3.02. The van der Waals surface area contributed by atoms with E-state index in [0.717, 1.165) is 11.6 Å². The lowest BCUT2D eigenvalue weighted by Crippen LogP contribution is -1.73. The molecule has 1 aromatic heterocycles. The van der Waals surface area contributed by atoms with Crippen molar-refractivity contribution in [2.75, 3.05) is 6.54 Å². The molecule has 1 aliphatic heterocycles. The number of nitrogens with zero attached hydrogens (tertiary/aromatic N) is 1. The van der Waals surface area contributed by atoms with Crippen LogP contribution in [-0.4, -0.2) is 17.6 Å². The standard InChI is InChI=1S/C9H7N.C3H7N/c1-2-6-9-8(4-1)5-3-7-10-9;1-3-2-4-3/h1-7H;3-4H,2H2,1H3. The van der Waals surface area contributed by atoms with Gasteiger partial charge in [0.1, 0.15) is 0 Å². The molecule has 0 spiro atoms. The summed E-state index contributed by atoms with van der Waals surface area (Å²) in [7, 11) is 0. The fraction of sp³-hybridized carbons (Fsp3) is 0.250. The number of rotatable bonds is 0. The Morgan fingerprint density at radius 3 is 2.50 bits per heavy atom. The van der Waals surface area contributed by atoms with Crippen LogP contribution in [0.1, 0.15) is 6.92 Å². The predicted molar refractivity (Wildman–Crippen MR) is 59.2 cm³/mol. The number of fused-ring (bicyclic) bond motifs is 1. The molecular formula is C12H14N2. The molecule has 1 fully saturated rings. The van der Waals surface area contributed by atoms with E-state index in [0.29, 0.717) is 0 Å². The Bertz CT molecular complexity index is 342. The highest BCUT2D eigenvalue weighted by atomic mass is 15.1. The number of nitrogens with one attached hydrogen (secondary N) is 1. The smallest absolute Gasteiger partial charge is 0.0701 e. The van der Waals surface area contributed by atoms with Gasteiger partial charge in [0.25, 0.3) is 0 Å². The highest BCUT2D eigenvalue weighted by Crippen LogP contribution is 2.07. The van der Waals surface area contributed by atoms with Crippen molar-refractivity contribution in [1.82, 2.24) is 10.3 Å². The third kappa shape index (κ3) is 2.54. The summed E-state index contributed by atoms with van der Waals surface area (Å²) >= 11 is 0. The van der Waals surface area contributed by atoms with Crippen LogP contribution >= 0.6 is 0 Å². The molecular weight excluding hydrogens is 172 g/mol. The molecule has 1 N–H and O–H groups in total. The third-order valence-electron chi connectivity index (χ3n) is 2.12. The van der Waals surface area contributed by atoms with E-state index in [1.807, 2.05) is 30.5 Å². The van der Waals surface area contributed by atoms with Crippen LogP contribution in [0.4, 0.5) is 0 Å². The first-order valence-corrected chi connectivity index (χ1v) is 4.89. The van der Waals surface area contributed by atoms with Gasteiger partial charge in [0.15, 0.2) is 0 Å². The summed E-state index contributed by atoms with van der Waals surface area (Å²) in [6.45, 7) is 3.40. The van der Waals surface area contributed by atoms with Gasteiger partial charge in [-0.1, -0.05) is 24.3 Å². The van der Waals surface area contributed by atoms with Crippen molar-refractivity contribution in [3.8, 4) is 0 Å². The fourth-order valence-corrected chi connectivity index (χ4v) is 1.13. The second-order valence-corrected chi connectivity index (χ2v) is 3.51. The van der Waals surface area contributed by atoms with Gasteiger partial charge in [-0.05, 0) is 19.1 Å². The number of para-hydroxylation sites is 1. The van der Waals surface area contributed by atoms with Crippen LogP contribution in [0.25, 0.3) is 10.9 Å². The van der Waals surface area contributed by atoms with Crippen molar-refractivity contribution in [2.45, 2.75) is 13.0 Å². The number of hydrogen-bond acceptors (Lipinski definition) is 2. The van der Waals surface area contributed by atoms with Crippen LogP contribution in [0.15, 0.2) is 42.6 Å². The Labute approximate surface area is 84.0 Å². The van der Waals surface area contributed by atoms with E-state index in [-0.39, 0.29) is 0 Å². The highest BCUT2D eigenvalue weighted by molar-refractivity contribution is 5.77. The van der Waals surface area contributed by atoms with E-state index in [1.165, 1.54) is 11.9 Å². The molecule has 2 aromatic rings. The quantitative estimate of drug-likeness (QED) is 0.640. The van der Waals surface area contributed by atoms with E-state index >= 15 is 0 Å². The highest BCUT2D eigenvalue weighted by Gasteiger charge is 2.10. The molecule has 1 atom stereocenters. The van der Waals surface area contributed by atoms with Gasteiger partial charge in [0.2, 0.25) is 0 Å². The zero-order valence-electron chi connectivity index (χ0n) is 8.27. The van der Waals surface area contributed by atoms with E-state index < -0.39 is 0 Å². The number of pyridine rings is 1. The summed E-state index contributed by atoms with van der Waals surface area (Å²) in [5.74, 6) is 0. The number of hydrogen-bond donors (Lipinski definition) is 1. The monoisotopic (exact) mass is 186 g/mol. The van der Waals surface area contributed by atoms with Crippen molar-refractivity contribution in [3.05, 3.63) is 42.6 Å². The first-order chi connectivity index (χ1) is 6.86. The molecule has 0 amide bonds. The van der Waals surface area contributed by atoms with Gasteiger partial charge in [-0.15, -0.1) is 0 Å². The van der Waals surface area contributed by atoms with Crippen molar-refractivity contribution in [2.24, 2.45) is 0 Å². The lowest BCUT2D eigenvalue weighted by molar-refractivity contribution is 1.09. The Morgan fingerprint density at radius 1 is 1.21 bits per heavy atom. The molecule has 1 aliphatic rings. The van der Waals surface area contributed by atoms with Crippen molar-refractivity contribution < 1.29 is 0 Å². The summed E-state index contributed by atoms with van der Waals surface area (Å²) in [5.41, 5.74) is 1.06. The normalized spacial score (nSPS) is 18.5. The first kappa shape index (κ1) is 9.16. The minimum Gasteiger partial charge on any atom is -0.311 e. The van der Waals surface area contributed by atoms with Crippen LogP contribution in [0, 0.1) is 0 Å². The SMILES string of the molecule is CC1CN1.c1ccc2ncccc2c1. The van der Waals surface area contributed by atoms with E-state index in [2.05, 4.69) is 29.4 Å². The molecule has 2 heteroatoms. The topological polar surface area (TPSA) is 34.8 Å². The van der Waals surface area contributed by atoms with Crippen molar-refractivity contribution in [1.29, 1.82) is 0 Å². The van der Waals surface area contributed by atoms with Crippen LogP contribution in [0.2, 0.25) is 0 Å². The summed E-state index contributed by atoms with van der Waals surface area (Å²) in [6, 6.07) is 12.9. The zero-order chi connectivity index (χ0) is 9.80. The largest absolute Gasteiger partial charge is 0.311 e. The Balaban J connectivity index is 0.000000157. The average molecular weight is 186 g/mol. The number of aromatic nitrogens is 1. The second kappa shape index (κ2) is 4.20. The lowest BCUT2D eigenvalue weighted by atomic mass is 10.2. The molecule has 2 nitrogen and oxygen atoms in total. The van der Waals surface area contributed by atoms with E-state index in [9.17, 15) is 0 Å². The summed E-state index contributed by atoms with van der Waals surface area (Å²) in [5, 5.41) is 4.30. The molecule has 1 unspecified atom stereocenters. The predicted octanol–water partition coefficient (Wildman–Crippen LogP) is 2.21. The van der Waals surface area contributed by atoms with Crippen LogP contribution in [-0.2, 0) is 0 Å². The molecule has 1 saturated heterocycles. The maximum Gasteiger partial charge on any atom is 0.0701 e. The maximum absolute atomic E-state index is 4.18. The van der Waals surface area contributed by atoms with Gasteiger partial charge in [0.05, 0.1) is 5.52 Å². The van der Waals surface area contributed by atoms with Crippen LogP contribution in [0.5, 0.6) is 0 Å².